The van der Waals surface area contributed by atoms with Crippen LogP contribution in [0, 0.1) is 17.0 Å². The summed E-state index contributed by atoms with van der Waals surface area (Å²) in [6.45, 7) is 1.40. The normalized spacial score (nSPS) is 13.2. The van der Waals surface area contributed by atoms with Crippen molar-refractivity contribution in [3.63, 3.8) is 0 Å². The molecule has 0 spiro atoms. The summed E-state index contributed by atoms with van der Waals surface area (Å²) in [6, 6.07) is 9.50. The van der Waals surface area contributed by atoms with E-state index in [1.165, 1.54) is 12.1 Å². The first kappa shape index (κ1) is 15.6. The summed E-state index contributed by atoms with van der Waals surface area (Å²) in [7, 11) is 0. The number of rotatable bonds is 4. The first-order valence-electron chi connectivity index (χ1n) is 7.14. The molecule has 0 atom stereocenters. The van der Waals surface area contributed by atoms with Crippen molar-refractivity contribution in [1.82, 2.24) is 4.98 Å². The van der Waals surface area contributed by atoms with E-state index in [-0.39, 0.29) is 30.5 Å². The van der Waals surface area contributed by atoms with E-state index in [0.717, 1.165) is 10.5 Å². The molecule has 0 N–H and O–H groups in total. The van der Waals surface area contributed by atoms with E-state index < -0.39 is 16.6 Å². The minimum atomic E-state index is -0.667. The van der Waals surface area contributed by atoms with Gasteiger partial charge in [0.2, 0.25) is 0 Å². The Kier molecular flexibility index (Phi) is 3.95. The number of nitrogens with zero attached hydrogens (tertiary/aromatic N) is 3. The van der Waals surface area contributed by atoms with Crippen molar-refractivity contribution in [1.29, 1.82) is 0 Å². The Bertz CT molecular complexity index is 832. The molecule has 1 amide bonds. The molecule has 0 bridgehead atoms. The summed E-state index contributed by atoms with van der Waals surface area (Å²) in [5.74, 6) is -0.960. The summed E-state index contributed by atoms with van der Waals surface area (Å²) >= 11 is 0. The fraction of sp³-hybridized carbons (Fsp3) is 0.188. The molecular formula is C16H13N3O5. The zero-order chi connectivity index (χ0) is 17.3. The van der Waals surface area contributed by atoms with Crippen molar-refractivity contribution in [2.75, 3.05) is 18.1 Å². The van der Waals surface area contributed by atoms with Crippen molar-refractivity contribution in [2.45, 2.75) is 6.92 Å². The van der Waals surface area contributed by atoms with Crippen molar-refractivity contribution in [3.05, 3.63) is 57.6 Å². The van der Waals surface area contributed by atoms with E-state index in [2.05, 4.69) is 4.98 Å². The molecular weight excluding hydrogens is 314 g/mol. The number of ether oxygens (including phenoxy) is 1. The fourth-order valence-corrected chi connectivity index (χ4v) is 2.31. The van der Waals surface area contributed by atoms with E-state index in [9.17, 15) is 19.7 Å². The molecule has 0 saturated heterocycles. The molecule has 2 heterocycles. The van der Waals surface area contributed by atoms with Gasteiger partial charge >= 0.3 is 5.82 Å². The number of aryl methyl sites for hydroxylation is 1. The van der Waals surface area contributed by atoms with Crippen LogP contribution in [0.1, 0.15) is 15.9 Å². The van der Waals surface area contributed by atoms with Crippen LogP contribution >= 0.6 is 0 Å². The highest BCUT2D eigenvalue weighted by molar-refractivity contribution is 6.06. The third-order valence-electron chi connectivity index (χ3n) is 3.59. The quantitative estimate of drug-likeness (QED) is 0.483. The molecule has 0 radical (unpaired) electrons. The topological polar surface area (TPSA) is 103 Å². The predicted molar refractivity (Wildman–Crippen MR) is 84.2 cm³/mol. The Hall–Kier alpha value is -3.29. The van der Waals surface area contributed by atoms with Gasteiger partial charge in [-0.2, -0.15) is 0 Å². The fourth-order valence-electron chi connectivity index (χ4n) is 2.31. The molecule has 8 nitrogen and oxygen atoms in total. The molecule has 122 valence electrons. The monoisotopic (exact) mass is 327 g/mol. The summed E-state index contributed by atoms with van der Waals surface area (Å²) < 4.78 is 5.22. The Morgan fingerprint density at radius 1 is 1.29 bits per heavy atom. The summed E-state index contributed by atoms with van der Waals surface area (Å²) in [6.07, 6.45) is 0. The van der Waals surface area contributed by atoms with Gasteiger partial charge < -0.3 is 14.9 Å². The van der Waals surface area contributed by atoms with Gasteiger partial charge in [0.15, 0.2) is 18.1 Å². The Morgan fingerprint density at radius 3 is 2.67 bits per heavy atom. The van der Waals surface area contributed by atoms with Crippen molar-refractivity contribution in [3.8, 4) is 5.75 Å². The van der Waals surface area contributed by atoms with Crippen molar-refractivity contribution in [2.24, 2.45) is 0 Å². The number of nitro groups is 1. The van der Waals surface area contributed by atoms with Gasteiger partial charge in [0.1, 0.15) is 0 Å². The molecule has 1 aliphatic heterocycles. The van der Waals surface area contributed by atoms with Crippen LogP contribution in [0.4, 0.5) is 11.6 Å². The van der Waals surface area contributed by atoms with Gasteiger partial charge in [-0.3, -0.25) is 14.5 Å². The first-order chi connectivity index (χ1) is 11.5. The number of anilines is 1. The number of carbonyl (C=O) groups excluding carboxylic acids is 2. The number of benzene rings is 1. The largest absolute Gasteiger partial charge is 0.477 e. The lowest BCUT2D eigenvalue weighted by Gasteiger charge is -2.24. The number of ketones is 1. The van der Waals surface area contributed by atoms with Crippen LogP contribution in [-0.4, -0.2) is 34.7 Å². The van der Waals surface area contributed by atoms with Gasteiger partial charge in [-0.1, -0.05) is 29.8 Å². The zero-order valence-corrected chi connectivity index (χ0v) is 12.8. The molecule has 8 heteroatoms. The van der Waals surface area contributed by atoms with E-state index >= 15 is 0 Å². The smallest absolute Gasteiger partial charge is 0.366 e. The van der Waals surface area contributed by atoms with Crippen LogP contribution in [0.3, 0.4) is 0 Å². The minimum absolute atomic E-state index is 0.0130. The lowest BCUT2D eigenvalue weighted by Crippen LogP contribution is -2.42. The number of carbonyl (C=O) groups is 2. The van der Waals surface area contributed by atoms with E-state index in [1.807, 2.05) is 6.92 Å². The first-order valence-corrected chi connectivity index (χ1v) is 7.14. The molecule has 24 heavy (non-hydrogen) atoms. The second-order valence-electron chi connectivity index (χ2n) is 5.31. The number of hydrogen-bond donors (Lipinski definition) is 0. The molecule has 1 aromatic carbocycles. The second-order valence-corrected chi connectivity index (χ2v) is 5.31. The highest BCUT2D eigenvalue weighted by atomic mass is 16.6. The van der Waals surface area contributed by atoms with Crippen LogP contribution < -0.4 is 9.64 Å². The average molecular weight is 327 g/mol. The number of fused-ring (bicyclic) bond motifs is 1. The number of hydrogen-bond acceptors (Lipinski definition) is 6. The molecule has 1 aromatic heterocycles. The van der Waals surface area contributed by atoms with Crippen molar-refractivity contribution < 1.29 is 19.2 Å². The van der Waals surface area contributed by atoms with E-state index in [4.69, 9.17) is 4.74 Å². The molecule has 0 saturated carbocycles. The van der Waals surface area contributed by atoms with Crippen molar-refractivity contribution >= 4 is 23.3 Å². The van der Waals surface area contributed by atoms with Crippen LogP contribution in [-0.2, 0) is 4.79 Å². The zero-order valence-electron chi connectivity index (χ0n) is 12.8. The van der Waals surface area contributed by atoms with Gasteiger partial charge in [-0.15, -0.1) is 0 Å². The highest BCUT2D eigenvalue weighted by Crippen LogP contribution is 2.32. The molecule has 3 rings (SSSR count). The minimum Gasteiger partial charge on any atom is -0.477 e. The summed E-state index contributed by atoms with van der Waals surface area (Å²) in [4.78, 5) is 39.7. The third-order valence-corrected chi connectivity index (χ3v) is 3.59. The van der Waals surface area contributed by atoms with Gasteiger partial charge in [0, 0.05) is 11.6 Å². The van der Waals surface area contributed by atoms with Crippen LogP contribution in [0.15, 0.2) is 36.4 Å². The SMILES string of the molecule is Cc1ccc(C(=O)CN2C(=O)COc3ccc([N+](=O)[O-])nc32)cc1. The Labute approximate surface area is 136 Å². The number of aromatic nitrogens is 1. The molecule has 0 unspecified atom stereocenters. The standard InChI is InChI=1S/C16H13N3O5/c1-10-2-4-11(5-3-10)12(20)8-18-15(21)9-24-13-6-7-14(19(22)23)17-16(13)18/h2-7H,8-9H2,1H3. The molecule has 0 fully saturated rings. The van der Waals surface area contributed by atoms with Gasteiger partial charge in [0.25, 0.3) is 11.7 Å². The number of pyridine rings is 1. The summed E-state index contributed by atoms with van der Waals surface area (Å²) in [5.41, 5.74) is 1.46. The van der Waals surface area contributed by atoms with Crippen LogP contribution in [0.25, 0.3) is 0 Å². The maximum atomic E-state index is 12.4. The number of amides is 1. The third kappa shape index (κ3) is 2.94. The average Bonchev–Trinajstić information content (AvgIpc) is 2.57. The van der Waals surface area contributed by atoms with Crippen LogP contribution in [0.2, 0.25) is 0 Å². The predicted octanol–water partition coefficient (Wildman–Crippen LogP) is 1.91. The maximum Gasteiger partial charge on any atom is 0.366 e. The Morgan fingerprint density at radius 2 is 2.00 bits per heavy atom. The molecule has 2 aromatic rings. The second kappa shape index (κ2) is 6.07. The van der Waals surface area contributed by atoms with Gasteiger partial charge in [-0.05, 0) is 22.9 Å². The summed E-state index contributed by atoms with van der Waals surface area (Å²) in [5, 5.41) is 10.9. The molecule has 0 aliphatic carbocycles. The van der Waals surface area contributed by atoms with Crippen LogP contribution in [0.5, 0.6) is 5.75 Å². The maximum absolute atomic E-state index is 12.4. The van der Waals surface area contributed by atoms with Gasteiger partial charge in [-0.25, -0.2) is 0 Å². The Balaban J connectivity index is 1.92. The highest BCUT2D eigenvalue weighted by Gasteiger charge is 2.33. The van der Waals surface area contributed by atoms with E-state index in [1.54, 1.807) is 24.3 Å². The molecule has 1 aliphatic rings. The number of Topliss-reactive ketones (excluding diaryl/α,β-unsaturated/α-hetero) is 1. The lowest BCUT2D eigenvalue weighted by atomic mass is 10.1. The lowest BCUT2D eigenvalue weighted by molar-refractivity contribution is -0.389. The van der Waals surface area contributed by atoms with E-state index in [0.29, 0.717) is 5.56 Å². The van der Waals surface area contributed by atoms with Gasteiger partial charge in [0.05, 0.1) is 6.54 Å².